The van der Waals surface area contributed by atoms with E-state index in [0.717, 1.165) is 89.3 Å². The Hall–Kier alpha value is -9.70. The van der Waals surface area contributed by atoms with Gasteiger partial charge in [0.1, 0.15) is 24.8 Å². The average Bonchev–Trinajstić information content (AvgIpc) is 3.49. The molecule has 0 atom stereocenters. The quantitative estimate of drug-likeness (QED) is 0.134. The minimum Gasteiger partial charge on any atom is -0.389 e. The molecule has 83 heavy (non-hydrogen) atoms. The molecule has 5 N–H and O–H groups in total. The Labute approximate surface area is 490 Å². The SMILES string of the molecule is Cc1cc2ccccc2cc1C#N.Cc1cc2ccccc2cc1F.Cc1ccc2c(c1)C(N)=NOC2.Cc1ccc2c(c1)CON=C2N.Cc1ccc2c(n1)NCCC2.Cc1ccc2cc(Cl)ccc2c1.Cc1ccc2cccnc2n1. The van der Waals surface area contributed by atoms with Crippen molar-refractivity contribution in [2.24, 2.45) is 21.8 Å². The highest BCUT2D eigenvalue weighted by Gasteiger charge is 2.13. The van der Waals surface area contributed by atoms with Crippen molar-refractivity contribution < 1.29 is 14.1 Å². The van der Waals surface area contributed by atoms with E-state index in [0.29, 0.717) is 30.4 Å². The summed E-state index contributed by atoms with van der Waals surface area (Å²) in [4.78, 5) is 22.6. The molecule has 0 unspecified atom stereocenters. The van der Waals surface area contributed by atoms with E-state index in [4.69, 9.17) is 38.0 Å². The van der Waals surface area contributed by atoms with Crippen LogP contribution in [0.2, 0.25) is 5.02 Å². The predicted octanol–water partition coefficient (Wildman–Crippen LogP) is 16.1. The van der Waals surface area contributed by atoms with Gasteiger partial charge in [-0.2, -0.15) is 5.26 Å². The molecule has 6 heterocycles. The van der Waals surface area contributed by atoms with Crippen molar-refractivity contribution in [3.8, 4) is 6.07 Å². The topological polar surface area (TPSA) is 170 Å². The van der Waals surface area contributed by atoms with Gasteiger partial charge in [0.2, 0.25) is 0 Å². The number of fused-ring (bicyclic) bond motifs is 7. The van der Waals surface area contributed by atoms with Gasteiger partial charge in [0.05, 0.1) is 11.6 Å². The monoisotopic (exact) mass is 1120 g/mol. The first-order chi connectivity index (χ1) is 40.1. The molecule has 418 valence electrons. The second kappa shape index (κ2) is 28.6. The first kappa shape index (κ1) is 59.4. The summed E-state index contributed by atoms with van der Waals surface area (Å²) >= 11 is 5.86. The highest BCUT2D eigenvalue weighted by molar-refractivity contribution is 6.31. The highest BCUT2D eigenvalue weighted by atomic mass is 35.5. The molecule has 0 saturated carbocycles. The van der Waals surface area contributed by atoms with E-state index in [-0.39, 0.29) is 5.82 Å². The lowest BCUT2D eigenvalue weighted by molar-refractivity contribution is 0.125. The molecule has 14 rings (SSSR count). The maximum atomic E-state index is 13.0. The molecule has 8 aromatic carbocycles. The van der Waals surface area contributed by atoms with Gasteiger partial charge in [0.25, 0.3) is 0 Å². The molecule has 3 aliphatic heterocycles. The predicted molar refractivity (Wildman–Crippen MR) is 339 cm³/mol. The number of halogens is 2. The van der Waals surface area contributed by atoms with Crippen LogP contribution in [-0.4, -0.2) is 33.2 Å². The van der Waals surface area contributed by atoms with Gasteiger partial charge >= 0.3 is 0 Å². The number of hydrogen-bond acceptors (Lipinski definition) is 11. The number of pyridine rings is 3. The van der Waals surface area contributed by atoms with Crippen LogP contribution >= 0.6 is 11.6 Å². The lowest BCUT2D eigenvalue weighted by atomic mass is 10.0. The Bertz CT molecular complexity index is 4090. The Morgan fingerprint density at radius 2 is 1.06 bits per heavy atom. The molecule has 11 aromatic rings. The van der Waals surface area contributed by atoms with E-state index >= 15 is 0 Å². The van der Waals surface area contributed by atoms with Crippen LogP contribution in [0.25, 0.3) is 43.4 Å². The van der Waals surface area contributed by atoms with Crippen LogP contribution in [0.3, 0.4) is 0 Å². The number of nitrogens with zero attached hydrogens (tertiary/aromatic N) is 6. The first-order valence-corrected chi connectivity index (χ1v) is 27.7. The smallest absolute Gasteiger partial charge is 0.170 e. The normalized spacial score (nSPS) is 12.2. The lowest BCUT2D eigenvalue weighted by Gasteiger charge is -2.16. The highest BCUT2D eigenvalue weighted by Crippen LogP contribution is 2.23. The second-order valence-electron chi connectivity index (χ2n) is 20.4. The number of nitrogens with one attached hydrogen (secondary N) is 1. The van der Waals surface area contributed by atoms with Crippen LogP contribution in [0.5, 0.6) is 0 Å². The number of rotatable bonds is 0. The summed E-state index contributed by atoms with van der Waals surface area (Å²) in [5, 5.41) is 28.2. The van der Waals surface area contributed by atoms with Crippen LogP contribution in [0.4, 0.5) is 10.2 Å². The number of benzene rings is 8. The molecule has 0 spiro atoms. The molecule has 11 nitrogen and oxygen atoms in total. The van der Waals surface area contributed by atoms with E-state index < -0.39 is 0 Å². The number of aryl methyl sites for hydroxylation is 8. The van der Waals surface area contributed by atoms with E-state index in [2.05, 4.69) is 86.0 Å². The van der Waals surface area contributed by atoms with Crippen molar-refractivity contribution in [2.75, 3.05) is 11.9 Å². The molecule has 0 bridgehead atoms. The number of hydrogen-bond donors (Lipinski definition) is 3. The largest absolute Gasteiger partial charge is 0.389 e. The number of amidine groups is 2. The molecule has 0 saturated heterocycles. The molecule has 13 heteroatoms. The maximum absolute atomic E-state index is 13.0. The van der Waals surface area contributed by atoms with E-state index in [1.165, 1.54) is 51.3 Å². The van der Waals surface area contributed by atoms with Gasteiger partial charge in [0, 0.05) is 56.8 Å². The Morgan fingerprint density at radius 3 is 1.80 bits per heavy atom. The number of anilines is 1. The van der Waals surface area contributed by atoms with Crippen LogP contribution in [-0.2, 0) is 29.3 Å². The molecule has 0 fully saturated rings. The Kier molecular flexibility index (Phi) is 20.5. The third-order valence-electron chi connectivity index (χ3n) is 13.7. The Balaban J connectivity index is 0.000000127. The number of nitrogens with two attached hydrogens (primary N) is 2. The minimum atomic E-state index is -0.131. The van der Waals surface area contributed by atoms with Gasteiger partial charge in [-0.05, 0) is 177 Å². The van der Waals surface area contributed by atoms with Crippen molar-refractivity contribution in [1.29, 1.82) is 5.26 Å². The molecule has 0 radical (unpaired) electrons. The molecule has 0 amide bonds. The zero-order valence-corrected chi connectivity index (χ0v) is 48.6. The fraction of sp³-hybridized carbons (Fsp3) is 0.171. The van der Waals surface area contributed by atoms with Gasteiger partial charge in [-0.25, -0.2) is 19.3 Å². The number of oxime groups is 2. The summed E-state index contributed by atoms with van der Waals surface area (Å²) in [5.41, 5.74) is 26.0. The van der Waals surface area contributed by atoms with Crippen molar-refractivity contribution in [3.05, 3.63) is 272 Å². The van der Waals surface area contributed by atoms with Crippen molar-refractivity contribution in [1.82, 2.24) is 15.0 Å². The van der Waals surface area contributed by atoms with E-state index in [1.807, 2.05) is 168 Å². The van der Waals surface area contributed by atoms with Crippen molar-refractivity contribution >= 4 is 72.4 Å². The zero-order chi connectivity index (χ0) is 58.8. The first-order valence-electron chi connectivity index (χ1n) is 27.3. The molecular formula is C70H67ClFN9O2. The maximum Gasteiger partial charge on any atom is 0.170 e. The van der Waals surface area contributed by atoms with Gasteiger partial charge in [0.15, 0.2) is 17.3 Å². The van der Waals surface area contributed by atoms with Gasteiger partial charge in [-0.15, -0.1) is 0 Å². The summed E-state index contributed by atoms with van der Waals surface area (Å²) < 4.78 is 13.0. The van der Waals surface area contributed by atoms with Crippen molar-refractivity contribution in [2.45, 2.75) is 74.5 Å². The van der Waals surface area contributed by atoms with Crippen molar-refractivity contribution in [3.63, 3.8) is 0 Å². The third kappa shape index (κ3) is 16.7. The van der Waals surface area contributed by atoms with Crippen LogP contribution in [0.15, 0.2) is 198 Å². The molecule has 3 aromatic heterocycles. The average molecular weight is 1120 g/mol. The van der Waals surface area contributed by atoms with Crippen LogP contribution in [0, 0.1) is 65.6 Å². The summed E-state index contributed by atoms with van der Waals surface area (Å²) in [6.45, 7) is 16.0. The summed E-state index contributed by atoms with van der Waals surface area (Å²) in [6, 6.07) is 62.1. The fourth-order valence-electron chi connectivity index (χ4n) is 9.20. The number of aromatic nitrogens is 3. The second-order valence-corrected chi connectivity index (χ2v) is 20.8. The lowest BCUT2D eigenvalue weighted by Crippen LogP contribution is -2.20. The minimum absolute atomic E-state index is 0.131. The van der Waals surface area contributed by atoms with Gasteiger partial charge in [-0.3, -0.25) is 0 Å². The van der Waals surface area contributed by atoms with Gasteiger partial charge in [-0.1, -0.05) is 154 Å². The summed E-state index contributed by atoms with van der Waals surface area (Å²) in [5.74, 6) is 1.90. The van der Waals surface area contributed by atoms with Crippen LogP contribution in [0.1, 0.15) is 79.0 Å². The third-order valence-corrected chi connectivity index (χ3v) is 13.9. The fourth-order valence-corrected chi connectivity index (χ4v) is 9.38. The summed E-state index contributed by atoms with van der Waals surface area (Å²) in [6.07, 6.45) is 4.17. The standard InChI is InChI=1S/C12H9N.C11H9Cl.C11H9F.2C9H10N2O.C9H12N2.C9H8N2/c1-9-6-10-4-2-3-5-11(10)7-12(9)8-13;1-8-2-3-10-7-11(12)5-4-9(10)6-8;1-8-6-9-4-2-3-5-10(9)7-11(8)12;1-6-2-3-8-7(4-6)5-12-11-9(8)10;1-6-2-3-7-5-12-11-9(10)8(7)4-6;2*1-7-4-5-8-3-2-6-10-9(8)11-7/h2-7H,1H3;2*2-7H,1H3;2*2-4H,5H2,1H3,(H2,10,11);4-5H,2-3,6H2,1H3,(H,10,11);2-6H,1H3. The van der Waals surface area contributed by atoms with E-state index in [1.54, 1.807) is 19.2 Å². The molecular weight excluding hydrogens is 1050 g/mol. The van der Waals surface area contributed by atoms with Gasteiger partial charge < -0.3 is 26.5 Å². The molecule has 0 aliphatic carbocycles. The van der Waals surface area contributed by atoms with E-state index in [9.17, 15) is 4.39 Å². The summed E-state index contributed by atoms with van der Waals surface area (Å²) in [7, 11) is 0. The number of nitriles is 1. The van der Waals surface area contributed by atoms with Crippen LogP contribution < -0.4 is 16.8 Å². The molecule has 3 aliphatic rings. The zero-order valence-electron chi connectivity index (χ0n) is 47.8. The Morgan fingerprint density at radius 1 is 0.518 bits per heavy atom.